The monoisotopic (exact) mass is 272 g/mol. The van der Waals surface area contributed by atoms with Gasteiger partial charge >= 0.3 is 0 Å². The lowest BCUT2D eigenvalue weighted by Gasteiger charge is -2.17. The Bertz CT molecular complexity index is 559. The third kappa shape index (κ3) is 3.25. The van der Waals surface area contributed by atoms with E-state index in [4.69, 9.17) is 0 Å². The van der Waals surface area contributed by atoms with E-state index in [1.807, 2.05) is 19.4 Å². The van der Waals surface area contributed by atoms with Gasteiger partial charge in [-0.25, -0.2) is 0 Å². The maximum absolute atomic E-state index is 4.62. The minimum Gasteiger partial charge on any atom is -0.313 e. The highest BCUT2D eigenvalue weighted by Gasteiger charge is 2.14. The third-order valence-corrected chi connectivity index (χ3v) is 3.64. The number of nitrogens with one attached hydrogen (secondary N) is 1. The molecule has 0 amide bonds. The second kappa shape index (κ2) is 6.66. The molecule has 0 saturated carbocycles. The molecule has 2 aromatic heterocycles. The predicted molar refractivity (Wildman–Crippen MR) is 81.8 cm³/mol. The molecule has 0 aliphatic carbocycles. The first-order valence-corrected chi connectivity index (χ1v) is 7.32. The summed E-state index contributed by atoms with van der Waals surface area (Å²) in [5.41, 5.74) is 4.87. The van der Waals surface area contributed by atoms with Crippen LogP contribution >= 0.6 is 0 Å². The van der Waals surface area contributed by atoms with Gasteiger partial charge in [-0.1, -0.05) is 13.0 Å². The molecule has 0 aliphatic rings. The molecule has 1 N–H and O–H groups in total. The van der Waals surface area contributed by atoms with Crippen molar-refractivity contribution in [2.45, 2.75) is 46.2 Å². The maximum Gasteiger partial charge on any atom is 0.0624 e. The number of nitrogens with zero attached hydrogens (tertiary/aromatic N) is 3. The van der Waals surface area contributed by atoms with E-state index in [0.29, 0.717) is 0 Å². The summed E-state index contributed by atoms with van der Waals surface area (Å²) in [7, 11) is 2.00. The molecular weight excluding hydrogens is 248 g/mol. The molecule has 0 aliphatic heterocycles. The lowest BCUT2D eigenvalue weighted by Crippen LogP contribution is -2.20. The fraction of sp³-hybridized carbons (Fsp3) is 0.500. The van der Waals surface area contributed by atoms with Gasteiger partial charge in [0.15, 0.2) is 0 Å². The molecule has 0 saturated heterocycles. The van der Waals surface area contributed by atoms with Crippen molar-refractivity contribution < 1.29 is 0 Å². The van der Waals surface area contributed by atoms with Crippen molar-refractivity contribution in [3.8, 4) is 0 Å². The molecule has 0 aromatic carbocycles. The van der Waals surface area contributed by atoms with Crippen LogP contribution in [0.1, 0.15) is 42.4 Å². The van der Waals surface area contributed by atoms with Gasteiger partial charge in [0.1, 0.15) is 0 Å². The average Bonchev–Trinajstić information content (AvgIpc) is 2.87. The van der Waals surface area contributed by atoms with Crippen LogP contribution in [-0.4, -0.2) is 21.8 Å². The summed E-state index contributed by atoms with van der Waals surface area (Å²) >= 11 is 0. The highest BCUT2D eigenvalue weighted by Crippen LogP contribution is 2.19. The van der Waals surface area contributed by atoms with E-state index in [-0.39, 0.29) is 6.04 Å². The quantitative estimate of drug-likeness (QED) is 0.879. The normalized spacial score (nSPS) is 12.6. The first kappa shape index (κ1) is 14.7. The molecule has 1 unspecified atom stereocenters. The van der Waals surface area contributed by atoms with E-state index < -0.39 is 0 Å². The molecular formula is C16H24N4. The highest BCUT2D eigenvalue weighted by molar-refractivity contribution is 5.23. The molecule has 0 fully saturated rings. The molecule has 2 rings (SSSR count). The zero-order valence-corrected chi connectivity index (χ0v) is 12.8. The van der Waals surface area contributed by atoms with Crippen molar-refractivity contribution in [2.75, 3.05) is 7.05 Å². The van der Waals surface area contributed by atoms with Crippen LogP contribution in [0, 0.1) is 6.92 Å². The number of pyridine rings is 1. The summed E-state index contributed by atoms with van der Waals surface area (Å²) in [6.07, 6.45) is 5.75. The zero-order valence-electron chi connectivity index (χ0n) is 12.8. The van der Waals surface area contributed by atoms with Gasteiger partial charge in [0.25, 0.3) is 0 Å². The van der Waals surface area contributed by atoms with Gasteiger partial charge in [0.2, 0.25) is 0 Å². The summed E-state index contributed by atoms with van der Waals surface area (Å²) in [4.78, 5) is 4.30. The first-order chi connectivity index (χ1) is 9.67. The number of rotatable bonds is 6. The number of hydrogen-bond donors (Lipinski definition) is 1. The molecule has 108 valence electrons. The first-order valence-electron chi connectivity index (χ1n) is 7.32. The number of likely N-dealkylation sites (N-methyl/N-ethyl adjacent to an activating group) is 1. The molecule has 4 heteroatoms. The Balaban J connectivity index is 2.24. The van der Waals surface area contributed by atoms with E-state index in [1.54, 1.807) is 0 Å². The highest BCUT2D eigenvalue weighted by atomic mass is 15.3. The number of hydrogen-bond acceptors (Lipinski definition) is 3. The second-order valence-corrected chi connectivity index (χ2v) is 5.14. The van der Waals surface area contributed by atoms with Crippen molar-refractivity contribution in [1.82, 2.24) is 20.1 Å². The van der Waals surface area contributed by atoms with Crippen LogP contribution in [0.2, 0.25) is 0 Å². The van der Waals surface area contributed by atoms with Crippen molar-refractivity contribution in [2.24, 2.45) is 0 Å². The molecule has 2 heterocycles. The van der Waals surface area contributed by atoms with Crippen molar-refractivity contribution in [3.05, 3.63) is 47.0 Å². The van der Waals surface area contributed by atoms with E-state index in [2.05, 4.69) is 53.0 Å². The standard InChI is InChI=1S/C16H24N4/c1-5-14-8-15(20(6-2)19-14)9-16(17-4)13-7-12(3)10-18-11-13/h7-8,10-11,16-17H,5-6,9H2,1-4H3. The summed E-state index contributed by atoms with van der Waals surface area (Å²) in [5.74, 6) is 0. The summed E-state index contributed by atoms with van der Waals surface area (Å²) in [5, 5.41) is 8.01. The molecule has 0 bridgehead atoms. The SMILES string of the molecule is CCc1cc(CC(NC)c2cncc(C)c2)n(CC)n1. The van der Waals surface area contributed by atoms with Gasteiger partial charge in [-0.2, -0.15) is 5.10 Å². The van der Waals surface area contributed by atoms with Crippen LogP contribution in [0.25, 0.3) is 0 Å². The van der Waals surface area contributed by atoms with Gasteiger partial charge in [-0.3, -0.25) is 9.67 Å². The van der Waals surface area contributed by atoms with Crippen molar-refractivity contribution >= 4 is 0 Å². The maximum atomic E-state index is 4.62. The fourth-order valence-corrected chi connectivity index (χ4v) is 2.49. The lowest BCUT2D eigenvalue weighted by atomic mass is 10.0. The van der Waals surface area contributed by atoms with E-state index in [1.165, 1.54) is 22.5 Å². The van der Waals surface area contributed by atoms with Crippen LogP contribution in [0.4, 0.5) is 0 Å². The molecule has 20 heavy (non-hydrogen) atoms. The predicted octanol–water partition coefficient (Wildman–Crippen LogP) is 2.67. The van der Waals surface area contributed by atoms with Crippen molar-refractivity contribution in [1.29, 1.82) is 0 Å². The zero-order chi connectivity index (χ0) is 14.5. The summed E-state index contributed by atoms with van der Waals surface area (Å²) in [6.45, 7) is 7.28. The van der Waals surface area contributed by atoms with E-state index >= 15 is 0 Å². The Morgan fingerprint density at radius 3 is 2.65 bits per heavy atom. The number of aromatic nitrogens is 3. The Kier molecular flexibility index (Phi) is 4.90. The van der Waals surface area contributed by atoms with Crippen LogP contribution in [-0.2, 0) is 19.4 Å². The summed E-state index contributed by atoms with van der Waals surface area (Å²) < 4.78 is 2.10. The van der Waals surface area contributed by atoms with Gasteiger partial charge in [-0.05, 0) is 44.5 Å². The van der Waals surface area contributed by atoms with E-state index in [9.17, 15) is 0 Å². The van der Waals surface area contributed by atoms with Crippen molar-refractivity contribution in [3.63, 3.8) is 0 Å². The second-order valence-electron chi connectivity index (χ2n) is 5.14. The fourth-order valence-electron chi connectivity index (χ4n) is 2.49. The van der Waals surface area contributed by atoms with Crippen LogP contribution in [0.5, 0.6) is 0 Å². The molecule has 2 aromatic rings. The molecule has 4 nitrogen and oxygen atoms in total. The molecule has 0 spiro atoms. The Labute approximate surface area is 121 Å². The minimum absolute atomic E-state index is 0.272. The van der Waals surface area contributed by atoms with E-state index in [0.717, 1.165) is 19.4 Å². The minimum atomic E-state index is 0.272. The molecule has 1 atom stereocenters. The largest absolute Gasteiger partial charge is 0.313 e. The van der Waals surface area contributed by atoms with Gasteiger partial charge in [-0.15, -0.1) is 0 Å². The Morgan fingerprint density at radius 1 is 1.25 bits per heavy atom. The van der Waals surface area contributed by atoms with Crippen LogP contribution in [0.15, 0.2) is 24.5 Å². The average molecular weight is 272 g/mol. The summed E-state index contributed by atoms with van der Waals surface area (Å²) in [6, 6.07) is 4.69. The topological polar surface area (TPSA) is 42.7 Å². The lowest BCUT2D eigenvalue weighted by molar-refractivity contribution is 0.539. The van der Waals surface area contributed by atoms with Crippen LogP contribution < -0.4 is 5.32 Å². The van der Waals surface area contributed by atoms with Gasteiger partial charge < -0.3 is 5.32 Å². The van der Waals surface area contributed by atoms with Gasteiger partial charge in [0.05, 0.1) is 5.69 Å². The molecule has 0 radical (unpaired) electrons. The van der Waals surface area contributed by atoms with Gasteiger partial charge in [0, 0.05) is 37.1 Å². The van der Waals surface area contributed by atoms with Crippen LogP contribution in [0.3, 0.4) is 0 Å². The number of aryl methyl sites for hydroxylation is 3. The smallest absolute Gasteiger partial charge is 0.0624 e. The Morgan fingerprint density at radius 2 is 2.05 bits per heavy atom. The third-order valence-electron chi connectivity index (χ3n) is 3.64. The Hall–Kier alpha value is -1.68.